The van der Waals surface area contributed by atoms with Crippen molar-refractivity contribution in [1.82, 2.24) is 24.9 Å². The molecular weight excluding hydrogens is 438 g/mol. The van der Waals surface area contributed by atoms with Crippen molar-refractivity contribution in [2.45, 2.75) is 19.8 Å². The topological polar surface area (TPSA) is 118 Å². The summed E-state index contributed by atoms with van der Waals surface area (Å²) in [6.45, 7) is 4.83. The molecule has 0 unspecified atom stereocenters. The van der Waals surface area contributed by atoms with Gasteiger partial charge in [-0.1, -0.05) is 6.07 Å². The molecule has 1 aliphatic rings. The van der Waals surface area contributed by atoms with E-state index in [-0.39, 0.29) is 0 Å². The molecule has 0 bridgehead atoms. The van der Waals surface area contributed by atoms with E-state index < -0.39 is 0 Å². The molecule has 3 aromatic heterocycles. The SMILES string of the molecule is Cc1cccc(-c2nccc(Nc3ccnc(Nc4ccc(N5CCC(CN)CC5)cc4)n3)n2)n1. The number of aromatic nitrogens is 5. The first-order chi connectivity index (χ1) is 17.2. The molecule has 4 aromatic rings. The number of pyridine rings is 1. The van der Waals surface area contributed by atoms with Crippen LogP contribution in [0.15, 0.2) is 67.0 Å². The van der Waals surface area contributed by atoms with Crippen molar-refractivity contribution in [1.29, 1.82) is 0 Å². The zero-order valence-corrected chi connectivity index (χ0v) is 19.7. The third kappa shape index (κ3) is 5.70. The maximum Gasteiger partial charge on any atom is 0.229 e. The molecule has 0 radical (unpaired) electrons. The molecule has 0 aliphatic carbocycles. The van der Waals surface area contributed by atoms with Gasteiger partial charge in [-0.3, -0.25) is 0 Å². The van der Waals surface area contributed by atoms with Gasteiger partial charge in [0, 0.05) is 42.6 Å². The van der Waals surface area contributed by atoms with E-state index in [0.717, 1.165) is 49.6 Å². The molecule has 5 rings (SSSR count). The van der Waals surface area contributed by atoms with Crippen LogP contribution in [0.4, 0.5) is 29.0 Å². The third-order valence-corrected chi connectivity index (χ3v) is 6.12. The van der Waals surface area contributed by atoms with Crippen molar-refractivity contribution in [3.05, 3.63) is 72.7 Å². The van der Waals surface area contributed by atoms with E-state index in [4.69, 9.17) is 5.73 Å². The van der Waals surface area contributed by atoms with Crippen molar-refractivity contribution in [2.75, 3.05) is 35.2 Å². The first kappa shape index (κ1) is 22.7. The summed E-state index contributed by atoms with van der Waals surface area (Å²) in [5, 5.41) is 6.51. The van der Waals surface area contributed by atoms with Gasteiger partial charge in [-0.25, -0.2) is 19.9 Å². The number of nitrogens with one attached hydrogen (secondary N) is 2. The van der Waals surface area contributed by atoms with Crippen LogP contribution in [0.5, 0.6) is 0 Å². The zero-order valence-electron chi connectivity index (χ0n) is 19.7. The molecule has 4 heterocycles. The summed E-state index contributed by atoms with van der Waals surface area (Å²) in [5.41, 5.74) is 9.62. The Morgan fingerprint density at radius 2 is 1.60 bits per heavy atom. The Labute approximate surface area is 204 Å². The van der Waals surface area contributed by atoms with Crippen molar-refractivity contribution in [3.63, 3.8) is 0 Å². The predicted octanol–water partition coefficient (Wildman–Crippen LogP) is 4.30. The quantitative estimate of drug-likeness (QED) is 0.365. The minimum atomic E-state index is 0.501. The van der Waals surface area contributed by atoms with E-state index in [1.54, 1.807) is 24.5 Å². The molecule has 4 N–H and O–H groups in total. The van der Waals surface area contributed by atoms with Crippen LogP contribution in [-0.4, -0.2) is 44.6 Å². The van der Waals surface area contributed by atoms with Crippen LogP contribution in [0.25, 0.3) is 11.5 Å². The summed E-state index contributed by atoms with van der Waals surface area (Å²) in [6, 6.07) is 17.8. The van der Waals surface area contributed by atoms with Gasteiger partial charge in [-0.05, 0) is 80.8 Å². The monoisotopic (exact) mass is 467 g/mol. The van der Waals surface area contributed by atoms with E-state index in [0.29, 0.717) is 29.3 Å². The van der Waals surface area contributed by atoms with Crippen LogP contribution in [0.1, 0.15) is 18.5 Å². The Bertz CT molecular complexity index is 1270. The highest BCUT2D eigenvalue weighted by Crippen LogP contribution is 2.25. The van der Waals surface area contributed by atoms with Crippen LogP contribution >= 0.6 is 0 Å². The maximum absolute atomic E-state index is 5.82. The van der Waals surface area contributed by atoms with Crippen molar-refractivity contribution < 1.29 is 0 Å². The molecule has 9 nitrogen and oxygen atoms in total. The normalized spacial score (nSPS) is 14.1. The molecule has 1 aromatic carbocycles. The lowest BCUT2D eigenvalue weighted by atomic mass is 9.97. The largest absolute Gasteiger partial charge is 0.372 e. The van der Waals surface area contributed by atoms with Crippen molar-refractivity contribution in [3.8, 4) is 11.5 Å². The van der Waals surface area contributed by atoms with Gasteiger partial charge < -0.3 is 21.3 Å². The van der Waals surface area contributed by atoms with Gasteiger partial charge >= 0.3 is 0 Å². The average Bonchev–Trinajstić information content (AvgIpc) is 2.90. The van der Waals surface area contributed by atoms with Gasteiger partial charge in [0.15, 0.2) is 5.82 Å². The highest BCUT2D eigenvalue weighted by atomic mass is 15.2. The molecular formula is C26H29N9. The van der Waals surface area contributed by atoms with E-state index in [1.807, 2.05) is 25.1 Å². The summed E-state index contributed by atoms with van der Waals surface area (Å²) in [4.78, 5) is 24.8. The molecule has 1 fully saturated rings. The summed E-state index contributed by atoms with van der Waals surface area (Å²) >= 11 is 0. The minimum Gasteiger partial charge on any atom is -0.372 e. The fourth-order valence-corrected chi connectivity index (χ4v) is 4.15. The van der Waals surface area contributed by atoms with Crippen LogP contribution < -0.4 is 21.3 Å². The summed E-state index contributed by atoms with van der Waals surface area (Å²) < 4.78 is 0. The van der Waals surface area contributed by atoms with Gasteiger partial charge in [-0.15, -0.1) is 0 Å². The van der Waals surface area contributed by atoms with E-state index in [2.05, 4.69) is 64.7 Å². The Hall–Kier alpha value is -4.11. The van der Waals surface area contributed by atoms with Crippen LogP contribution in [0, 0.1) is 12.8 Å². The molecule has 35 heavy (non-hydrogen) atoms. The molecule has 0 amide bonds. The lowest BCUT2D eigenvalue weighted by molar-refractivity contribution is 0.414. The number of benzene rings is 1. The third-order valence-electron chi connectivity index (χ3n) is 6.12. The number of rotatable bonds is 7. The molecule has 178 valence electrons. The number of hydrogen-bond donors (Lipinski definition) is 3. The highest BCUT2D eigenvalue weighted by Gasteiger charge is 2.18. The number of aryl methyl sites for hydroxylation is 1. The summed E-state index contributed by atoms with van der Waals surface area (Å²) in [7, 11) is 0. The molecule has 1 saturated heterocycles. The molecule has 0 saturated carbocycles. The number of nitrogens with two attached hydrogens (primary N) is 1. The molecule has 0 atom stereocenters. The average molecular weight is 468 g/mol. The Morgan fingerprint density at radius 1 is 0.857 bits per heavy atom. The van der Waals surface area contributed by atoms with Gasteiger partial charge in [0.1, 0.15) is 17.3 Å². The number of hydrogen-bond acceptors (Lipinski definition) is 9. The Balaban J connectivity index is 1.24. The second-order valence-corrected chi connectivity index (χ2v) is 8.66. The fourth-order valence-electron chi connectivity index (χ4n) is 4.15. The molecule has 9 heteroatoms. The van der Waals surface area contributed by atoms with Gasteiger partial charge in [0.05, 0.1) is 0 Å². The Kier molecular flexibility index (Phi) is 6.76. The first-order valence-corrected chi connectivity index (χ1v) is 11.9. The summed E-state index contributed by atoms with van der Waals surface area (Å²) in [5.74, 6) is 2.97. The second kappa shape index (κ2) is 10.4. The number of piperidine rings is 1. The van der Waals surface area contributed by atoms with Gasteiger partial charge in [0.25, 0.3) is 0 Å². The predicted molar refractivity (Wildman–Crippen MR) is 139 cm³/mol. The van der Waals surface area contributed by atoms with Crippen molar-refractivity contribution in [2.24, 2.45) is 11.7 Å². The minimum absolute atomic E-state index is 0.501. The van der Waals surface area contributed by atoms with Crippen LogP contribution in [0.2, 0.25) is 0 Å². The smallest absolute Gasteiger partial charge is 0.229 e. The van der Waals surface area contributed by atoms with Gasteiger partial charge in [0.2, 0.25) is 5.95 Å². The lowest BCUT2D eigenvalue weighted by Crippen LogP contribution is -2.35. The molecule has 1 aliphatic heterocycles. The molecule has 0 spiro atoms. The maximum atomic E-state index is 5.82. The van der Waals surface area contributed by atoms with Crippen LogP contribution in [-0.2, 0) is 0 Å². The van der Waals surface area contributed by atoms with E-state index in [9.17, 15) is 0 Å². The Morgan fingerprint density at radius 3 is 2.34 bits per heavy atom. The standard InChI is InChI=1S/C26H29N9/c1-18-3-2-4-22(30-18)25-28-13-9-23(33-25)32-24-10-14-29-26(34-24)31-20-5-7-21(8-6-20)35-15-11-19(17-27)12-16-35/h2-10,13-14,19H,11-12,15-17,27H2,1H3,(H2,28,29,31,32,33,34). The zero-order chi connectivity index (χ0) is 24.0. The summed E-state index contributed by atoms with van der Waals surface area (Å²) in [6.07, 6.45) is 5.71. The van der Waals surface area contributed by atoms with Gasteiger partial charge in [-0.2, -0.15) is 4.98 Å². The number of nitrogens with zero attached hydrogens (tertiary/aromatic N) is 6. The fraction of sp³-hybridized carbons (Fsp3) is 0.269. The first-order valence-electron chi connectivity index (χ1n) is 11.9. The second-order valence-electron chi connectivity index (χ2n) is 8.66. The lowest BCUT2D eigenvalue weighted by Gasteiger charge is -2.33. The van der Waals surface area contributed by atoms with Crippen LogP contribution in [0.3, 0.4) is 0 Å². The van der Waals surface area contributed by atoms with Crippen molar-refractivity contribution >= 4 is 29.0 Å². The highest BCUT2D eigenvalue weighted by molar-refractivity contribution is 5.61. The van der Waals surface area contributed by atoms with E-state index >= 15 is 0 Å². The number of anilines is 5. The van der Waals surface area contributed by atoms with E-state index in [1.165, 1.54) is 5.69 Å².